The highest BCUT2D eigenvalue weighted by molar-refractivity contribution is 7.18. The minimum Gasteiger partial charge on any atom is -0.459 e. The predicted molar refractivity (Wildman–Crippen MR) is 118 cm³/mol. The van der Waals surface area contributed by atoms with Crippen LogP contribution in [-0.2, 0) is 4.79 Å². The number of anilines is 1. The zero-order valence-electron chi connectivity index (χ0n) is 16.1. The number of rotatable bonds is 6. The number of carbonyl (C=O) groups is 2. The van der Waals surface area contributed by atoms with Gasteiger partial charge in [-0.05, 0) is 42.7 Å². The first-order chi connectivity index (χ1) is 14.7. The normalized spacial score (nSPS) is 14.4. The molecule has 1 unspecified atom stereocenters. The summed E-state index contributed by atoms with van der Waals surface area (Å²) in [5, 5.41) is 7.67. The number of amides is 2. The maximum atomic E-state index is 13.0. The van der Waals surface area contributed by atoms with Gasteiger partial charge in [0.05, 0.1) is 9.88 Å². The van der Waals surface area contributed by atoms with E-state index in [1.807, 2.05) is 60.7 Å². The Morgan fingerprint density at radius 1 is 0.967 bits per heavy atom. The van der Waals surface area contributed by atoms with E-state index in [2.05, 4.69) is 10.6 Å². The molecular weight excluding hydrogens is 396 g/mol. The summed E-state index contributed by atoms with van der Waals surface area (Å²) in [7, 11) is 0. The Balaban J connectivity index is 1.40. The second-order valence-electron chi connectivity index (χ2n) is 7.43. The molecule has 0 saturated heterocycles. The zero-order valence-corrected chi connectivity index (χ0v) is 16.9. The van der Waals surface area contributed by atoms with E-state index in [9.17, 15) is 9.59 Å². The summed E-state index contributed by atoms with van der Waals surface area (Å²) in [6, 6.07) is 22.6. The van der Waals surface area contributed by atoms with Crippen molar-refractivity contribution in [3.05, 3.63) is 89.0 Å². The Labute approximate surface area is 177 Å². The molecule has 6 heteroatoms. The van der Waals surface area contributed by atoms with Crippen molar-refractivity contribution < 1.29 is 14.0 Å². The molecular formula is C24H20N2O3S. The summed E-state index contributed by atoms with van der Waals surface area (Å²) in [6.45, 7) is 0. The second-order valence-corrected chi connectivity index (χ2v) is 8.51. The molecule has 1 atom stereocenters. The van der Waals surface area contributed by atoms with Crippen molar-refractivity contribution in [3.63, 3.8) is 0 Å². The molecule has 0 bridgehead atoms. The second kappa shape index (κ2) is 7.80. The van der Waals surface area contributed by atoms with Crippen LogP contribution in [0, 0.1) is 5.92 Å². The highest BCUT2D eigenvalue weighted by Gasteiger charge is 2.30. The van der Waals surface area contributed by atoms with Crippen molar-refractivity contribution in [2.24, 2.45) is 5.92 Å². The van der Waals surface area contributed by atoms with Crippen molar-refractivity contribution in [1.29, 1.82) is 0 Å². The summed E-state index contributed by atoms with van der Waals surface area (Å²) in [4.78, 5) is 25.5. The van der Waals surface area contributed by atoms with Crippen molar-refractivity contribution in [2.45, 2.75) is 18.9 Å². The molecule has 2 aromatic carbocycles. The standard InChI is InChI=1S/C24H20N2O3S/c27-23(16-10-11-16)25-21-13-12-20(30-21)24(28)26-22(15-6-2-1-3-7-15)19-14-17-8-4-5-9-18(17)29-19/h1-9,12-14,16,22H,10-11H2,(H,25,27)(H,26,28). The maximum absolute atomic E-state index is 13.0. The van der Waals surface area contributed by atoms with Gasteiger partial charge in [-0.3, -0.25) is 9.59 Å². The van der Waals surface area contributed by atoms with E-state index in [-0.39, 0.29) is 17.7 Å². The van der Waals surface area contributed by atoms with E-state index in [1.54, 1.807) is 12.1 Å². The minimum absolute atomic E-state index is 0.0354. The third kappa shape index (κ3) is 3.86. The third-order valence-corrected chi connectivity index (χ3v) is 6.16. The van der Waals surface area contributed by atoms with E-state index < -0.39 is 6.04 Å². The Morgan fingerprint density at radius 2 is 1.73 bits per heavy atom. The van der Waals surface area contributed by atoms with Gasteiger partial charge in [0.15, 0.2) is 0 Å². The Morgan fingerprint density at radius 3 is 2.50 bits per heavy atom. The van der Waals surface area contributed by atoms with Gasteiger partial charge in [0, 0.05) is 11.3 Å². The number of fused-ring (bicyclic) bond motifs is 1. The quantitative estimate of drug-likeness (QED) is 0.444. The number of thiophene rings is 1. The van der Waals surface area contributed by atoms with Gasteiger partial charge in [-0.15, -0.1) is 11.3 Å². The van der Waals surface area contributed by atoms with Gasteiger partial charge in [0.25, 0.3) is 5.91 Å². The molecule has 0 radical (unpaired) electrons. The van der Waals surface area contributed by atoms with Crippen LogP contribution < -0.4 is 10.6 Å². The fraction of sp³-hybridized carbons (Fsp3) is 0.167. The lowest BCUT2D eigenvalue weighted by Crippen LogP contribution is -2.28. The number of nitrogens with one attached hydrogen (secondary N) is 2. The van der Waals surface area contributed by atoms with Crippen LogP contribution in [0.1, 0.15) is 39.9 Å². The van der Waals surface area contributed by atoms with Crippen molar-refractivity contribution >= 4 is 39.1 Å². The molecule has 2 amide bonds. The zero-order chi connectivity index (χ0) is 20.5. The van der Waals surface area contributed by atoms with E-state index in [0.29, 0.717) is 15.6 Å². The van der Waals surface area contributed by atoms with Gasteiger partial charge in [0.1, 0.15) is 17.4 Å². The lowest BCUT2D eigenvalue weighted by atomic mass is 10.0. The molecule has 150 valence electrons. The Hall–Kier alpha value is -3.38. The SMILES string of the molecule is O=C(NC(c1ccccc1)c1cc2ccccc2o1)c1ccc(NC(=O)C2CC2)s1. The summed E-state index contributed by atoms with van der Waals surface area (Å²) in [5.74, 6) is 0.629. The summed E-state index contributed by atoms with van der Waals surface area (Å²) < 4.78 is 6.04. The van der Waals surface area contributed by atoms with Gasteiger partial charge < -0.3 is 15.1 Å². The largest absolute Gasteiger partial charge is 0.459 e. The van der Waals surface area contributed by atoms with Gasteiger partial charge in [-0.25, -0.2) is 0 Å². The van der Waals surface area contributed by atoms with Crippen LogP contribution in [0.2, 0.25) is 0 Å². The molecule has 1 aliphatic carbocycles. The van der Waals surface area contributed by atoms with Gasteiger partial charge in [-0.1, -0.05) is 48.5 Å². The highest BCUT2D eigenvalue weighted by atomic mass is 32.1. The first kappa shape index (κ1) is 18.6. The first-order valence-electron chi connectivity index (χ1n) is 9.92. The molecule has 2 heterocycles. The molecule has 5 rings (SSSR count). The van der Waals surface area contributed by atoms with Crippen LogP contribution in [0.3, 0.4) is 0 Å². The molecule has 1 fully saturated rings. The van der Waals surface area contributed by atoms with Crippen LogP contribution >= 0.6 is 11.3 Å². The lowest BCUT2D eigenvalue weighted by Gasteiger charge is -2.16. The maximum Gasteiger partial charge on any atom is 0.262 e. The third-order valence-electron chi connectivity index (χ3n) is 5.16. The molecule has 0 aliphatic heterocycles. The van der Waals surface area contributed by atoms with Crippen molar-refractivity contribution in [1.82, 2.24) is 5.32 Å². The molecule has 2 aromatic heterocycles. The molecule has 1 saturated carbocycles. The minimum atomic E-state index is -0.419. The Kier molecular flexibility index (Phi) is 4.85. The van der Waals surface area contributed by atoms with Crippen LogP contribution in [0.5, 0.6) is 0 Å². The number of hydrogen-bond donors (Lipinski definition) is 2. The van der Waals surface area contributed by atoms with Crippen LogP contribution in [-0.4, -0.2) is 11.8 Å². The summed E-state index contributed by atoms with van der Waals surface area (Å²) in [6.07, 6.45) is 1.89. The van der Waals surface area contributed by atoms with Crippen molar-refractivity contribution in [2.75, 3.05) is 5.32 Å². The highest BCUT2D eigenvalue weighted by Crippen LogP contribution is 2.32. The molecule has 2 N–H and O–H groups in total. The average Bonchev–Trinajstić information content (AvgIpc) is 3.37. The fourth-order valence-corrected chi connectivity index (χ4v) is 4.22. The van der Waals surface area contributed by atoms with E-state index >= 15 is 0 Å². The number of para-hydroxylation sites is 1. The first-order valence-corrected chi connectivity index (χ1v) is 10.7. The summed E-state index contributed by atoms with van der Waals surface area (Å²) >= 11 is 1.28. The molecule has 1 aliphatic rings. The predicted octanol–water partition coefficient (Wildman–Crippen LogP) is 5.36. The summed E-state index contributed by atoms with van der Waals surface area (Å²) in [5.41, 5.74) is 1.72. The van der Waals surface area contributed by atoms with Gasteiger partial charge >= 0.3 is 0 Å². The number of hydrogen-bond acceptors (Lipinski definition) is 4. The van der Waals surface area contributed by atoms with E-state index in [0.717, 1.165) is 29.4 Å². The topological polar surface area (TPSA) is 71.3 Å². The van der Waals surface area contributed by atoms with Crippen LogP contribution in [0.15, 0.2) is 77.2 Å². The van der Waals surface area contributed by atoms with E-state index in [4.69, 9.17) is 4.42 Å². The van der Waals surface area contributed by atoms with Gasteiger partial charge in [-0.2, -0.15) is 0 Å². The molecule has 5 nitrogen and oxygen atoms in total. The molecule has 0 spiro atoms. The fourth-order valence-electron chi connectivity index (χ4n) is 3.41. The van der Waals surface area contributed by atoms with E-state index in [1.165, 1.54) is 11.3 Å². The lowest BCUT2D eigenvalue weighted by molar-refractivity contribution is -0.117. The number of benzene rings is 2. The number of furan rings is 1. The monoisotopic (exact) mass is 416 g/mol. The van der Waals surface area contributed by atoms with Crippen LogP contribution in [0.4, 0.5) is 5.00 Å². The van der Waals surface area contributed by atoms with Crippen LogP contribution in [0.25, 0.3) is 11.0 Å². The Bertz CT molecular complexity index is 1170. The average molecular weight is 417 g/mol. The molecule has 30 heavy (non-hydrogen) atoms. The smallest absolute Gasteiger partial charge is 0.262 e. The molecule has 4 aromatic rings. The van der Waals surface area contributed by atoms with Crippen molar-refractivity contribution in [3.8, 4) is 0 Å². The van der Waals surface area contributed by atoms with Gasteiger partial charge in [0.2, 0.25) is 5.91 Å². The number of carbonyl (C=O) groups excluding carboxylic acids is 2.